The third kappa shape index (κ3) is 6.83. The van der Waals surface area contributed by atoms with Crippen LogP contribution >= 0.6 is 0 Å². The first kappa shape index (κ1) is 25.4. The van der Waals surface area contributed by atoms with Gasteiger partial charge in [0.25, 0.3) is 0 Å². The number of rotatable bonds is 11. The molecule has 2 aromatic rings. The lowest BCUT2D eigenvalue weighted by Gasteiger charge is -2.27. The Morgan fingerprint density at radius 1 is 1.21 bits per heavy atom. The normalized spacial score (nSPS) is 11.8. The highest BCUT2D eigenvalue weighted by Gasteiger charge is 2.31. The lowest BCUT2D eigenvalue weighted by Crippen LogP contribution is -2.57. The van der Waals surface area contributed by atoms with Gasteiger partial charge < -0.3 is 39.4 Å². The molecule has 0 saturated heterocycles. The zero-order valence-electron chi connectivity index (χ0n) is 18.8. The van der Waals surface area contributed by atoms with E-state index in [4.69, 9.17) is 22.1 Å². The molecule has 0 aliphatic rings. The van der Waals surface area contributed by atoms with Gasteiger partial charge in [-0.2, -0.15) is 0 Å². The van der Waals surface area contributed by atoms with E-state index < -0.39 is 29.3 Å². The zero-order chi connectivity index (χ0) is 24.6. The minimum atomic E-state index is -1.35. The van der Waals surface area contributed by atoms with Gasteiger partial charge in [-0.25, -0.2) is 9.78 Å². The molecule has 0 fully saturated rings. The number of aromatic nitrogens is 2. The number of carbonyl (C=O) groups is 4. The standard InChI is InChI=1S/C21H25BN4O7/c1-21(2,19(22)29)26-18(28)14(9-13-10-23-11-24-13)25-20(30)33-17-15(31-3)7-12(5-6-27)8-16(17)32-4/h6-8,10-11,14H,5,9H2,1-4H3,(H,23,24)(H,25,30)(H,26,28). The summed E-state index contributed by atoms with van der Waals surface area (Å²) >= 11 is 0. The minimum absolute atomic E-state index is 0.0301. The van der Waals surface area contributed by atoms with Crippen molar-refractivity contribution in [2.45, 2.75) is 38.3 Å². The van der Waals surface area contributed by atoms with Gasteiger partial charge in [0.1, 0.15) is 12.3 Å². The van der Waals surface area contributed by atoms with E-state index in [1.54, 1.807) is 0 Å². The first-order valence-corrected chi connectivity index (χ1v) is 9.87. The van der Waals surface area contributed by atoms with Crippen LogP contribution in [0.1, 0.15) is 25.1 Å². The molecule has 11 nitrogen and oxygen atoms in total. The van der Waals surface area contributed by atoms with Crippen molar-refractivity contribution < 1.29 is 33.4 Å². The number of hydrogen-bond acceptors (Lipinski definition) is 8. The quantitative estimate of drug-likeness (QED) is 0.326. The lowest BCUT2D eigenvalue weighted by atomic mass is 9.84. The van der Waals surface area contributed by atoms with Crippen molar-refractivity contribution >= 4 is 31.8 Å². The topological polar surface area (TPSA) is 149 Å². The van der Waals surface area contributed by atoms with Crippen molar-refractivity contribution in [2.75, 3.05) is 14.2 Å². The van der Waals surface area contributed by atoms with Gasteiger partial charge in [-0.05, 0) is 31.5 Å². The van der Waals surface area contributed by atoms with Crippen molar-refractivity contribution in [3.8, 4) is 17.2 Å². The summed E-state index contributed by atoms with van der Waals surface area (Å²) in [4.78, 5) is 54.7. The fraction of sp³-hybridized carbons (Fsp3) is 0.381. The Bertz CT molecular complexity index is 983. The van der Waals surface area contributed by atoms with Gasteiger partial charge in [-0.15, -0.1) is 0 Å². The van der Waals surface area contributed by atoms with E-state index in [9.17, 15) is 19.2 Å². The number of hydrogen-bond donors (Lipinski definition) is 3. The van der Waals surface area contributed by atoms with Gasteiger partial charge >= 0.3 is 6.09 Å². The molecular formula is C21H25BN4O7. The minimum Gasteiger partial charge on any atom is -0.493 e. The fourth-order valence-electron chi connectivity index (χ4n) is 2.80. The maximum Gasteiger partial charge on any atom is 0.413 e. The zero-order valence-corrected chi connectivity index (χ0v) is 18.8. The molecule has 0 aliphatic carbocycles. The number of aromatic amines is 1. The molecule has 1 unspecified atom stereocenters. The Kier molecular flexibility index (Phi) is 8.60. The third-order valence-electron chi connectivity index (χ3n) is 4.67. The molecule has 174 valence electrons. The Hall–Kier alpha value is -3.83. The molecule has 0 aliphatic heterocycles. The number of imidazole rings is 1. The highest BCUT2D eigenvalue weighted by atomic mass is 16.6. The summed E-state index contributed by atoms with van der Waals surface area (Å²) in [6.45, 7) is 2.88. The van der Waals surface area contributed by atoms with Crippen molar-refractivity contribution in [3.05, 3.63) is 35.9 Å². The number of nitrogens with zero attached hydrogens (tertiary/aromatic N) is 1. The molecule has 0 saturated carbocycles. The number of carbonyl (C=O) groups excluding carboxylic acids is 4. The SMILES string of the molecule is [B]C(=O)C(C)(C)NC(=O)C(Cc1cnc[nH]1)NC(=O)Oc1c(OC)cc(CC=O)cc1OC. The van der Waals surface area contributed by atoms with Crippen LogP contribution in [-0.4, -0.2) is 67.6 Å². The number of amides is 2. The maximum absolute atomic E-state index is 12.8. The van der Waals surface area contributed by atoms with Crippen LogP contribution in [0.25, 0.3) is 0 Å². The fourth-order valence-corrected chi connectivity index (χ4v) is 2.80. The number of ether oxygens (including phenoxy) is 3. The van der Waals surface area contributed by atoms with Crippen LogP contribution in [0.5, 0.6) is 17.2 Å². The molecule has 1 aromatic heterocycles. The van der Waals surface area contributed by atoms with Crippen molar-refractivity contribution in [1.82, 2.24) is 20.6 Å². The Morgan fingerprint density at radius 3 is 2.33 bits per heavy atom. The molecule has 0 bridgehead atoms. The van der Waals surface area contributed by atoms with Crippen LogP contribution in [0.3, 0.4) is 0 Å². The van der Waals surface area contributed by atoms with E-state index in [-0.39, 0.29) is 30.1 Å². The van der Waals surface area contributed by atoms with Crippen LogP contribution in [0.4, 0.5) is 4.79 Å². The summed E-state index contributed by atoms with van der Waals surface area (Å²) in [5.41, 5.74) is -0.948. The van der Waals surface area contributed by atoms with Crippen LogP contribution in [0, 0.1) is 0 Å². The third-order valence-corrected chi connectivity index (χ3v) is 4.67. The number of H-pyrrole nitrogens is 1. The smallest absolute Gasteiger partial charge is 0.413 e. The molecule has 1 heterocycles. The second kappa shape index (κ2) is 11.2. The van der Waals surface area contributed by atoms with Gasteiger partial charge in [-0.3, -0.25) is 4.79 Å². The Morgan fingerprint density at radius 2 is 1.85 bits per heavy atom. The van der Waals surface area contributed by atoms with Crippen molar-refractivity contribution in [1.29, 1.82) is 0 Å². The first-order valence-electron chi connectivity index (χ1n) is 9.87. The molecular weight excluding hydrogens is 431 g/mol. The van der Waals surface area contributed by atoms with Gasteiger partial charge in [0.2, 0.25) is 11.7 Å². The van der Waals surface area contributed by atoms with E-state index in [1.165, 1.54) is 52.7 Å². The average molecular weight is 456 g/mol. The highest BCUT2D eigenvalue weighted by molar-refractivity contribution is 6.60. The van der Waals surface area contributed by atoms with E-state index in [0.717, 1.165) is 0 Å². The lowest BCUT2D eigenvalue weighted by molar-refractivity contribution is -0.128. The van der Waals surface area contributed by atoms with Crippen molar-refractivity contribution in [2.24, 2.45) is 0 Å². The van der Waals surface area contributed by atoms with E-state index in [2.05, 4.69) is 20.6 Å². The molecule has 0 spiro atoms. The van der Waals surface area contributed by atoms with Gasteiger partial charge in [-0.1, -0.05) is 0 Å². The number of benzene rings is 1. The van der Waals surface area contributed by atoms with Crippen LogP contribution < -0.4 is 24.8 Å². The highest BCUT2D eigenvalue weighted by Crippen LogP contribution is 2.38. The predicted molar refractivity (Wildman–Crippen MR) is 118 cm³/mol. The van der Waals surface area contributed by atoms with Crippen molar-refractivity contribution in [3.63, 3.8) is 0 Å². The Balaban J connectivity index is 2.26. The predicted octanol–water partition coefficient (Wildman–Crippen LogP) is 0.458. The number of methoxy groups -OCH3 is 2. The largest absolute Gasteiger partial charge is 0.493 e. The van der Waals surface area contributed by atoms with Gasteiger partial charge in [0.05, 0.1) is 31.8 Å². The van der Waals surface area contributed by atoms with E-state index >= 15 is 0 Å². The summed E-state index contributed by atoms with van der Waals surface area (Å²) in [6, 6.07) is 1.93. The summed E-state index contributed by atoms with van der Waals surface area (Å²) < 4.78 is 15.9. The van der Waals surface area contributed by atoms with E-state index in [1.807, 2.05) is 0 Å². The van der Waals surface area contributed by atoms with Crippen LogP contribution in [0.2, 0.25) is 0 Å². The monoisotopic (exact) mass is 456 g/mol. The summed E-state index contributed by atoms with van der Waals surface area (Å²) in [5, 5.41) is 4.97. The Labute approximate surface area is 192 Å². The van der Waals surface area contributed by atoms with Gasteiger partial charge in [0, 0.05) is 24.7 Å². The number of nitrogens with one attached hydrogen (secondary N) is 3. The second-order valence-electron chi connectivity index (χ2n) is 7.55. The molecule has 2 amide bonds. The average Bonchev–Trinajstić information content (AvgIpc) is 3.26. The molecule has 2 radical (unpaired) electrons. The molecule has 1 aromatic carbocycles. The summed E-state index contributed by atoms with van der Waals surface area (Å²) in [6.07, 6.45) is 2.79. The first-order chi connectivity index (χ1) is 15.6. The van der Waals surface area contributed by atoms with Gasteiger partial charge in [0.15, 0.2) is 19.3 Å². The summed E-state index contributed by atoms with van der Waals surface area (Å²) in [5.74, 6) is -0.382. The molecule has 12 heteroatoms. The molecule has 2 rings (SSSR count). The van der Waals surface area contributed by atoms with Crippen LogP contribution in [-0.2, 0) is 27.2 Å². The maximum atomic E-state index is 12.8. The molecule has 1 atom stereocenters. The number of aldehydes is 1. The van der Waals surface area contributed by atoms with Crippen LogP contribution in [0.15, 0.2) is 24.7 Å². The molecule has 33 heavy (non-hydrogen) atoms. The molecule has 3 N–H and O–H groups in total. The second-order valence-corrected chi connectivity index (χ2v) is 7.55. The summed E-state index contributed by atoms with van der Waals surface area (Å²) in [7, 11) is 8.06. The van der Waals surface area contributed by atoms with E-state index in [0.29, 0.717) is 17.5 Å².